The van der Waals surface area contributed by atoms with Crippen LogP contribution in [0, 0.1) is 24.0 Å². The average Bonchev–Trinajstić information content (AvgIpc) is 2.43. The number of nitro groups is 1. The Balaban J connectivity index is 2.53. The first-order valence-corrected chi connectivity index (χ1v) is 9.43. The molecule has 2 aromatic rings. The summed E-state index contributed by atoms with van der Waals surface area (Å²) < 4.78 is 27.7. The van der Waals surface area contributed by atoms with E-state index in [1.807, 2.05) is 6.92 Å². The number of hydrogen-bond donors (Lipinski definition) is 1. The monoisotopic (exact) mass is 462 g/mol. The van der Waals surface area contributed by atoms with E-state index in [4.69, 9.17) is 0 Å². The fraction of sp³-hybridized carbons (Fsp3) is 0.143. The number of hydrogen-bond acceptors (Lipinski definition) is 4. The highest BCUT2D eigenvalue weighted by Crippen LogP contribution is 2.41. The van der Waals surface area contributed by atoms with Gasteiger partial charge in [0.15, 0.2) is 0 Å². The summed E-state index contributed by atoms with van der Waals surface area (Å²) in [6.07, 6.45) is 0. The summed E-state index contributed by atoms with van der Waals surface area (Å²) in [4.78, 5) is 10.6. The van der Waals surface area contributed by atoms with Gasteiger partial charge in [0.25, 0.3) is 15.7 Å². The summed E-state index contributed by atoms with van der Waals surface area (Å²) >= 11 is 6.24. The van der Waals surface area contributed by atoms with Gasteiger partial charge in [-0.05, 0) is 69.5 Å². The molecule has 6 nitrogen and oxygen atoms in total. The second-order valence-electron chi connectivity index (χ2n) is 4.89. The Kier molecular flexibility index (Phi) is 5.12. The number of sulfonamides is 1. The van der Waals surface area contributed by atoms with Gasteiger partial charge in [-0.15, -0.1) is 0 Å². The van der Waals surface area contributed by atoms with Crippen molar-refractivity contribution in [3.05, 3.63) is 60.5 Å². The Labute approximate surface area is 150 Å². The van der Waals surface area contributed by atoms with Gasteiger partial charge in [0.1, 0.15) is 4.47 Å². The van der Waals surface area contributed by atoms with Crippen molar-refractivity contribution >= 4 is 53.3 Å². The fourth-order valence-electron chi connectivity index (χ4n) is 1.93. The van der Waals surface area contributed by atoms with E-state index in [0.29, 0.717) is 5.56 Å². The third-order valence-corrected chi connectivity index (χ3v) is 5.88. The van der Waals surface area contributed by atoms with Crippen molar-refractivity contribution in [2.45, 2.75) is 18.7 Å². The van der Waals surface area contributed by atoms with Gasteiger partial charge in [0.05, 0.1) is 20.0 Å². The molecule has 122 valence electrons. The first kappa shape index (κ1) is 17.9. The van der Waals surface area contributed by atoms with Gasteiger partial charge in [-0.1, -0.05) is 17.7 Å². The van der Waals surface area contributed by atoms with E-state index < -0.39 is 14.9 Å². The van der Waals surface area contributed by atoms with Crippen molar-refractivity contribution < 1.29 is 13.3 Å². The van der Waals surface area contributed by atoms with Crippen LogP contribution in [0.2, 0.25) is 0 Å². The van der Waals surface area contributed by atoms with E-state index in [-0.39, 0.29) is 25.2 Å². The lowest BCUT2D eigenvalue weighted by atomic mass is 10.2. The lowest BCUT2D eigenvalue weighted by Crippen LogP contribution is -2.14. The maximum Gasteiger partial charge on any atom is 0.299 e. The minimum Gasteiger partial charge on any atom is -0.278 e. The molecule has 0 aliphatic heterocycles. The molecule has 0 unspecified atom stereocenters. The van der Waals surface area contributed by atoms with Crippen molar-refractivity contribution in [3.63, 3.8) is 0 Å². The molecule has 1 N–H and O–H groups in total. The van der Waals surface area contributed by atoms with Gasteiger partial charge in [0, 0.05) is 0 Å². The number of anilines is 1. The maximum atomic E-state index is 12.5. The summed E-state index contributed by atoms with van der Waals surface area (Å²) in [5.41, 5.74) is 1.38. The zero-order valence-corrected chi connectivity index (χ0v) is 16.1. The van der Waals surface area contributed by atoms with E-state index in [9.17, 15) is 18.5 Å². The molecule has 9 heteroatoms. The molecule has 0 bridgehead atoms. The molecule has 23 heavy (non-hydrogen) atoms. The van der Waals surface area contributed by atoms with Crippen LogP contribution >= 0.6 is 31.9 Å². The summed E-state index contributed by atoms with van der Waals surface area (Å²) in [5.74, 6) is 0. The van der Waals surface area contributed by atoms with Crippen molar-refractivity contribution in [1.29, 1.82) is 0 Å². The van der Waals surface area contributed by atoms with Crippen LogP contribution in [-0.4, -0.2) is 13.3 Å². The number of halogens is 2. The molecule has 0 heterocycles. The molecule has 0 radical (unpaired) electrons. The SMILES string of the molecule is Cc1ccc(S(=O)(=O)Nc2c(C)cc(Br)c([N+](=O)[O-])c2Br)cc1. The zero-order valence-electron chi connectivity index (χ0n) is 12.1. The third kappa shape index (κ3) is 3.73. The molecule has 0 spiro atoms. The highest BCUT2D eigenvalue weighted by Gasteiger charge is 2.25. The van der Waals surface area contributed by atoms with Gasteiger partial charge in [-0.2, -0.15) is 0 Å². The molecule has 2 rings (SSSR count). The van der Waals surface area contributed by atoms with E-state index in [0.717, 1.165) is 5.56 Å². The number of rotatable bonds is 4. The number of aryl methyl sites for hydroxylation is 2. The van der Waals surface area contributed by atoms with Gasteiger partial charge in [-0.25, -0.2) is 8.42 Å². The summed E-state index contributed by atoms with van der Waals surface area (Å²) in [6.45, 7) is 3.51. The molecule has 0 fully saturated rings. The molecular formula is C14H12Br2N2O4S. The second kappa shape index (κ2) is 6.58. The van der Waals surface area contributed by atoms with Crippen LogP contribution in [0.4, 0.5) is 11.4 Å². The van der Waals surface area contributed by atoms with Crippen LogP contribution in [-0.2, 0) is 10.0 Å². The van der Waals surface area contributed by atoms with Crippen LogP contribution in [0.25, 0.3) is 0 Å². The maximum absolute atomic E-state index is 12.5. The Bertz CT molecular complexity index is 881. The van der Waals surface area contributed by atoms with Gasteiger partial charge < -0.3 is 0 Å². The predicted octanol–water partition coefficient (Wildman–Crippen LogP) is 4.54. The predicted molar refractivity (Wildman–Crippen MR) is 95.2 cm³/mol. The molecule has 0 saturated carbocycles. The second-order valence-corrected chi connectivity index (χ2v) is 8.22. The van der Waals surface area contributed by atoms with E-state index >= 15 is 0 Å². The zero-order chi connectivity index (χ0) is 17.4. The standard InChI is InChI=1S/C14H12Br2N2O4S/c1-8-3-5-10(6-4-8)23(21,22)17-13-9(2)7-11(15)14(12(13)16)18(19)20/h3-7,17H,1-2H3. The Hall–Kier alpha value is -1.45. The number of nitrogens with zero attached hydrogens (tertiary/aromatic N) is 1. The highest BCUT2D eigenvalue weighted by atomic mass is 79.9. The van der Waals surface area contributed by atoms with Crippen LogP contribution in [0.1, 0.15) is 11.1 Å². The van der Waals surface area contributed by atoms with Crippen LogP contribution in [0.5, 0.6) is 0 Å². The Morgan fingerprint density at radius 2 is 1.70 bits per heavy atom. The summed E-state index contributed by atoms with van der Waals surface area (Å²) in [7, 11) is -3.85. The fourth-order valence-corrected chi connectivity index (χ4v) is 4.93. The molecule has 0 amide bonds. The molecule has 0 saturated heterocycles. The van der Waals surface area contributed by atoms with Gasteiger partial charge >= 0.3 is 0 Å². The van der Waals surface area contributed by atoms with Gasteiger partial charge in [-0.3, -0.25) is 14.8 Å². The Morgan fingerprint density at radius 1 is 1.13 bits per heavy atom. The quantitative estimate of drug-likeness (QED) is 0.532. The van der Waals surface area contributed by atoms with Crippen LogP contribution < -0.4 is 4.72 Å². The molecule has 0 aliphatic carbocycles. The van der Waals surface area contributed by atoms with Gasteiger partial charge in [0.2, 0.25) is 0 Å². The number of nitrogens with one attached hydrogen (secondary N) is 1. The molecular weight excluding hydrogens is 452 g/mol. The lowest BCUT2D eigenvalue weighted by Gasteiger charge is -2.13. The first-order chi connectivity index (χ1) is 10.6. The molecule has 0 aromatic heterocycles. The Morgan fingerprint density at radius 3 is 2.22 bits per heavy atom. The number of benzene rings is 2. The van der Waals surface area contributed by atoms with Crippen molar-refractivity contribution in [3.8, 4) is 0 Å². The largest absolute Gasteiger partial charge is 0.299 e. The van der Waals surface area contributed by atoms with Crippen molar-refractivity contribution in [2.24, 2.45) is 0 Å². The summed E-state index contributed by atoms with van der Waals surface area (Å²) in [5, 5.41) is 11.1. The lowest BCUT2D eigenvalue weighted by molar-refractivity contribution is -0.386. The van der Waals surface area contributed by atoms with Crippen molar-refractivity contribution in [1.82, 2.24) is 0 Å². The first-order valence-electron chi connectivity index (χ1n) is 6.36. The van der Waals surface area contributed by atoms with E-state index in [1.54, 1.807) is 19.1 Å². The van der Waals surface area contributed by atoms with E-state index in [2.05, 4.69) is 36.6 Å². The van der Waals surface area contributed by atoms with Crippen LogP contribution in [0.15, 0.2) is 44.2 Å². The topological polar surface area (TPSA) is 89.3 Å². The smallest absolute Gasteiger partial charge is 0.278 e. The molecule has 0 atom stereocenters. The highest BCUT2D eigenvalue weighted by molar-refractivity contribution is 9.11. The molecule has 2 aromatic carbocycles. The normalized spacial score (nSPS) is 11.3. The summed E-state index contributed by atoms with van der Waals surface area (Å²) in [6, 6.07) is 7.82. The van der Waals surface area contributed by atoms with Crippen molar-refractivity contribution in [2.75, 3.05) is 4.72 Å². The minimum absolute atomic E-state index is 0.0741. The minimum atomic E-state index is -3.85. The average molecular weight is 464 g/mol. The third-order valence-electron chi connectivity index (χ3n) is 3.14. The molecule has 0 aliphatic rings. The number of nitro benzene ring substituents is 1. The van der Waals surface area contributed by atoms with E-state index in [1.165, 1.54) is 18.2 Å². The van der Waals surface area contributed by atoms with Crippen LogP contribution in [0.3, 0.4) is 0 Å².